The number of amides is 2. The Morgan fingerprint density at radius 2 is 1.89 bits per heavy atom. The van der Waals surface area contributed by atoms with E-state index < -0.39 is 11.7 Å². The van der Waals surface area contributed by atoms with Crippen molar-refractivity contribution in [1.29, 1.82) is 0 Å². The molecule has 0 bridgehead atoms. The van der Waals surface area contributed by atoms with E-state index in [2.05, 4.69) is 10.4 Å². The Kier molecular flexibility index (Phi) is 6.16. The fourth-order valence-corrected chi connectivity index (χ4v) is 5.12. The second-order valence-electron chi connectivity index (χ2n) is 8.48. The van der Waals surface area contributed by atoms with Crippen LogP contribution in [0.1, 0.15) is 22.3 Å². The summed E-state index contributed by atoms with van der Waals surface area (Å²) in [5, 5.41) is 10.8. The number of alkyl halides is 3. The number of fused-ring (bicyclic) bond motifs is 1. The monoisotopic (exact) mass is 501 g/mol. The number of nitrogens with one attached hydrogen (secondary N) is 1. The predicted molar refractivity (Wildman–Crippen MR) is 127 cm³/mol. The number of piperazine rings is 1. The van der Waals surface area contributed by atoms with Gasteiger partial charge in [-0.05, 0) is 54.1 Å². The Labute approximate surface area is 203 Å². The Balaban J connectivity index is 1.40. The van der Waals surface area contributed by atoms with Gasteiger partial charge in [-0.25, -0.2) is 5.01 Å². The zero-order valence-electron chi connectivity index (χ0n) is 18.8. The highest BCUT2D eigenvalue weighted by molar-refractivity contribution is 8.18. The molecule has 35 heavy (non-hydrogen) atoms. The van der Waals surface area contributed by atoms with Gasteiger partial charge in [0.25, 0.3) is 5.91 Å². The maximum Gasteiger partial charge on any atom is 0.416 e. The minimum Gasteiger partial charge on any atom is -0.314 e. The number of hydrazine groups is 1. The van der Waals surface area contributed by atoms with Crippen LogP contribution in [0.25, 0.3) is 17.0 Å². The largest absolute Gasteiger partial charge is 0.416 e. The summed E-state index contributed by atoms with van der Waals surface area (Å²) in [5.41, 5.74) is 1.38. The Morgan fingerprint density at radius 1 is 1.11 bits per heavy atom. The number of halogens is 3. The van der Waals surface area contributed by atoms with E-state index in [1.54, 1.807) is 48.5 Å². The number of carbonyl (C=O) groups is 2. The van der Waals surface area contributed by atoms with Crippen LogP contribution >= 0.6 is 11.8 Å². The van der Waals surface area contributed by atoms with Gasteiger partial charge in [0.2, 0.25) is 0 Å². The summed E-state index contributed by atoms with van der Waals surface area (Å²) in [6.45, 7) is 4.16. The molecule has 5 rings (SSSR count). The van der Waals surface area contributed by atoms with Crippen molar-refractivity contribution in [2.45, 2.75) is 19.6 Å². The highest BCUT2D eigenvalue weighted by Crippen LogP contribution is 2.35. The Bertz CT molecular complexity index is 1340. The Morgan fingerprint density at radius 3 is 2.63 bits per heavy atom. The minimum atomic E-state index is -4.45. The average Bonchev–Trinajstić information content (AvgIpc) is 3.34. The van der Waals surface area contributed by atoms with Crippen LogP contribution in [0.5, 0.6) is 0 Å². The highest BCUT2D eigenvalue weighted by atomic mass is 32.2. The third kappa shape index (κ3) is 4.71. The van der Waals surface area contributed by atoms with E-state index in [4.69, 9.17) is 0 Å². The van der Waals surface area contributed by atoms with Crippen LogP contribution in [0.15, 0.2) is 47.5 Å². The number of imide groups is 1. The first-order valence-electron chi connectivity index (χ1n) is 11.1. The number of rotatable bonds is 4. The lowest BCUT2D eigenvalue weighted by Crippen LogP contribution is -2.53. The molecule has 3 heterocycles. The molecule has 2 fully saturated rings. The molecule has 2 amide bonds. The number of carbonyl (C=O) groups excluding carboxylic acids is 2. The van der Waals surface area contributed by atoms with Crippen LogP contribution in [-0.2, 0) is 17.5 Å². The topological polar surface area (TPSA) is 70.5 Å². The quantitative estimate of drug-likeness (QED) is 0.539. The molecule has 2 aromatic carbocycles. The zero-order valence-corrected chi connectivity index (χ0v) is 19.6. The van der Waals surface area contributed by atoms with E-state index in [-0.39, 0.29) is 23.3 Å². The molecular formula is C24H22F3N5O2S. The molecule has 11 heteroatoms. The first-order valence-corrected chi connectivity index (χ1v) is 11.9. The Hall–Kier alpha value is -3.15. The average molecular weight is 502 g/mol. The smallest absolute Gasteiger partial charge is 0.314 e. The van der Waals surface area contributed by atoms with Gasteiger partial charge >= 0.3 is 11.4 Å². The lowest BCUT2D eigenvalue weighted by Gasteiger charge is -2.32. The molecular weight excluding hydrogens is 479 g/mol. The second kappa shape index (κ2) is 9.14. The fraction of sp³-hybridized carbons (Fsp3) is 0.292. The summed E-state index contributed by atoms with van der Waals surface area (Å²) in [7, 11) is 0. The molecule has 182 valence electrons. The summed E-state index contributed by atoms with van der Waals surface area (Å²) in [6, 6.07) is 9.61. The van der Waals surface area contributed by atoms with Crippen LogP contribution in [0, 0.1) is 6.92 Å². The van der Waals surface area contributed by atoms with Crippen molar-refractivity contribution >= 4 is 39.9 Å². The first kappa shape index (κ1) is 23.6. The molecule has 2 aliphatic rings. The minimum absolute atomic E-state index is 0.0262. The number of hydrogen-bond acceptors (Lipinski definition) is 6. The number of aromatic nitrogens is 2. The van der Waals surface area contributed by atoms with Gasteiger partial charge in [-0.15, -0.1) is 0 Å². The van der Waals surface area contributed by atoms with Crippen molar-refractivity contribution in [3.8, 4) is 0 Å². The first-order chi connectivity index (χ1) is 16.7. The maximum absolute atomic E-state index is 13.5. The number of benzene rings is 2. The van der Waals surface area contributed by atoms with Gasteiger partial charge in [0.05, 0.1) is 28.7 Å². The van der Waals surface area contributed by atoms with Crippen LogP contribution in [0.3, 0.4) is 0 Å². The lowest BCUT2D eigenvalue weighted by molar-refractivity contribution is -0.138. The lowest BCUT2D eigenvalue weighted by atomic mass is 10.0. The molecule has 0 atom stereocenters. The molecule has 0 spiro atoms. The van der Waals surface area contributed by atoms with Gasteiger partial charge in [-0.3, -0.25) is 14.3 Å². The van der Waals surface area contributed by atoms with Crippen LogP contribution in [0.2, 0.25) is 0 Å². The summed E-state index contributed by atoms with van der Waals surface area (Å²) in [5.74, 6) is -0.350. The van der Waals surface area contributed by atoms with E-state index in [0.29, 0.717) is 47.7 Å². The van der Waals surface area contributed by atoms with Gasteiger partial charge in [-0.2, -0.15) is 23.3 Å². The molecule has 0 radical (unpaired) electrons. The standard InChI is InChI=1S/C24H22F3N5O2S/c1-15-2-4-17(19(10-15)24(25,26)27)14-31-20-5-3-16(11-18(20)13-29-31)12-21-22(33)32(23(34)35-21)30-8-6-28-7-9-30/h2-5,10-13,28H,6-9,14H2,1H3/b21-12-. The highest BCUT2D eigenvalue weighted by Gasteiger charge is 2.39. The number of aryl methyl sites for hydroxylation is 1. The van der Waals surface area contributed by atoms with Gasteiger partial charge < -0.3 is 5.32 Å². The second-order valence-corrected chi connectivity index (χ2v) is 9.47. The van der Waals surface area contributed by atoms with E-state index in [9.17, 15) is 22.8 Å². The van der Waals surface area contributed by atoms with E-state index >= 15 is 0 Å². The van der Waals surface area contributed by atoms with E-state index in [1.165, 1.54) is 15.8 Å². The third-order valence-corrected chi connectivity index (χ3v) is 6.86. The van der Waals surface area contributed by atoms with Crippen LogP contribution in [-0.4, -0.2) is 57.1 Å². The summed E-state index contributed by atoms with van der Waals surface area (Å²) in [6.07, 6.45) is -1.21. The molecule has 2 saturated heterocycles. The van der Waals surface area contributed by atoms with E-state index in [1.807, 2.05) is 0 Å². The van der Waals surface area contributed by atoms with Crippen molar-refractivity contribution in [2.24, 2.45) is 0 Å². The maximum atomic E-state index is 13.5. The predicted octanol–water partition coefficient (Wildman–Crippen LogP) is 4.27. The number of hydrogen-bond donors (Lipinski definition) is 1. The molecule has 3 aromatic rings. The van der Waals surface area contributed by atoms with Gasteiger partial charge in [0.15, 0.2) is 0 Å². The van der Waals surface area contributed by atoms with Crippen molar-refractivity contribution < 1.29 is 22.8 Å². The summed E-state index contributed by atoms with van der Waals surface area (Å²) in [4.78, 5) is 25.7. The summed E-state index contributed by atoms with van der Waals surface area (Å²) < 4.78 is 42.1. The molecule has 0 saturated carbocycles. The van der Waals surface area contributed by atoms with Crippen molar-refractivity contribution in [3.63, 3.8) is 0 Å². The molecule has 7 nitrogen and oxygen atoms in total. The van der Waals surface area contributed by atoms with Crippen molar-refractivity contribution in [1.82, 2.24) is 25.1 Å². The zero-order chi connectivity index (χ0) is 24.7. The molecule has 1 N–H and O–H groups in total. The van der Waals surface area contributed by atoms with Crippen molar-refractivity contribution in [2.75, 3.05) is 26.2 Å². The number of nitrogens with zero attached hydrogens (tertiary/aromatic N) is 4. The molecule has 1 aromatic heterocycles. The SMILES string of the molecule is Cc1ccc(Cn2ncc3cc(/C=C4\SC(=O)N(N5CCNCC5)C4=O)ccc32)c(C(F)(F)F)c1. The molecule has 0 aliphatic carbocycles. The van der Waals surface area contributed by atoms with Gasteiger partial charge in [0, 0.05) is 31.6 Å². The van der Waals surface area contributed by atoms with E-state index in [0.717, 1.165) is 23.2 Å². The fourth-order valence-electron chi connectivity index (χ4n) is 4.28. The number of thioether (sulfide) groups is 1. The van der Waals surface area contributed by atoms with Gasteiger partial charge in [-0.1, -0.05) is 23.8 Å². The van der Waals surface area contributed by atoms with Crippen molar-refractivity contribution in [3.05, 3.63) is 69.8 Å². The summed E-state index contributed by atoms with van der Waals surface area (Å²) >= 11 is 0.897. The van der Waals surface area contributed by atoms with Crippen LogP contribution < -0.4 is 5.32 Å². The third-order valence-electron chi connectivity index (χ3n) is 6.00. The van der Waals surface area contributed by atoms with Crippen LogP contribution in [0.4, 0.5) is 18.0 Å². The molecule has 2 aliphatic heterocycles. The normalized spacial score (nSPS) is 18.9. The molecule has 0 unspecified atom stereocenters. The van der Waals surface area contributed by atoms with Gasteiger partial charge in [0.1, 0.15) is 0 Å².